The molecule has 19 heavy (non-hydrogen) atoms. The van der Waals surface area contributed by atoms with Crippen molar-refractivity contribution in [3.8, 4) is 0 Å². The van der Waals surface area contributed by atoms with E-state index < -0.39 is 12.0 Å². The zero-order chi connectivity index (χ0) is 14.3. The van der Waals surface area contributed by atoms with E-state index in [1.807, 2.05) is 32.0 Å². The van der Waals surface area contributed by atoms with Crippen LogP contribution in [0.1, 0.15) is 43.5 Å². The molecule has 1 aromatic carbocycles. The first kappa shape index (κ1) is 15.4. The van der Waals surface area contributed by atoms with Crippen LogP contribution < -0.4 is 5.32 Å². The largest absolute Gasteiger partial charge is 0.481 e. The Labute approximate surface area is 113 Å². The third-order valence-corrected chi connectivity index (χ3v) is 3.12. The standard InChI is InChI=1S/C15H21NO3/c1-3-11(2)16-13(9-10-14(17)18)15(19)12-7-5-4-6-8-12/h4-8,11,13,16H,3,9-10H2,1-2H3,(H,17,18). The quantitative estimate of drug-likeness (QED) is 0.707. The van der Waals surface area contributed by atoms with Crippen LogP contribution in [-0.2, 0) is 4.79 Å². The Hall–Kier alpha value is -1.68. The molecule has 104 valence electrons. The first-order valence-corrected chi connectivity index (χ1v) is 6.61. The molecule has 0 saturated carbocycles. The predicted octanol–water partition coefficient (Wildman–Crippen LogP) is 2.49. The van der Waals surface area contributed by atoms with Gasteiger partial charge in [0.1, 0.15) is 0 Å². The van der Waals surface area contributed by atoms with Gasteiger partial charge in [-0.3, -0.25) is 9.59 Å². The molecule has 2 unspecified atom stereocenters. The fourth-order valence-electron chi connectivity index (χ4n) is 1.82. The summed E-state index contributed by atoms with van der Waals surface area (Å²) in [5, 5.41) is 12.0. The maximum Gasteiger partial charge on any atom is 0.303 e. The second kappa shape index (κ2) is 7.69. The van der Waals surface area contributed by atoms with Crippen LogP contribution in [-0.4, -0.2) is 28.9 Å². The number of hydrogen-bond donors (Lipinski definition) is 2. The van der Waals surface area contributed by atoms with E-state index in [0.717, 1.165) is 6.42 Å². The molecule has 2 N–H and O–H groups in total. The summed E-state index contributed by atoms with van der Waals surface area (Å²) in [7, 11) is 0. The van der Waals surface area contributed by atoms with Gasteiger partial charge in [-0.25, -0.2) is 0 Å². The highest BCUT2D eigenvalue weighted by Crippen LogP contribution is 2.09. The lowest BCUT2D eigenvalue weighted by molar-refractivity contribution is -0.137. The lowest BCUT2D eigenvalue weighted by Gasteiger charge is -2.21. The van der Waals surface area contributed by atoms with Gasteiger partial charge in [-0.2, -0.15) is 0 Å². The number of nitrogens with one attached hydrogen (secondary N) is 1. The Bertz CT molecular complexity index is 417. The van der Waals surface area contributed by atoms with Gasteiger partial charge in [0.25, 0.3) is 0 Å². The first-order chi connectivity index (χ1) is 9.04. The van der Waals surface area contributed by atoms with Gasteiger partial charge in [0, 0.05) is 18.0 Å². The summed E-state index contributed by atoms with van der Waals surface area (Å²) in [6.45, 7) is 4.02. The minimum absolute atomic E-state index is 0.00727. The van der Waals surface area contributed by atoms with Gasteiger partial charge in [0.2, 0.25) is 0 Å². The number of hydrogen-bond acceptors (Lipinski definition) is 3. The molecule has 0 saturated heterocycles. The van der Waals surface area contributed by atoms with Gasteiger partial charge in [-0.1, -0.05) is 37.3 Å². The molecule has 0 bridgehead atoms. The Morgan fingerprint density at radius 1 is 1.26 bits per heavy atom. The molecule has 0 spiro atoms. The summed E-state index contributed by atoms with van der Waals surface area (Å²) in [5.41, 5.74) is 0.619. The zero-order valence-electron chi connectivity index (χ0n) is 11.4. The summed E-state index contributed by atoms with van der Waals surface area (Å²) in [6.07, 6.45) is 1.20. The van der Waals surface area contributed by atoms with Crippen LogP contribution in [0.4, 0.5) is 0 Å². The van der Waals surface area contributed by atoms with Crippen molar-refractivity contribution in [2.24, 2.45) is 0 Å². The van der Waals surface area contributed by atoms with Crippen molar-refractivity contribution in [2.75, 3.05) is 0 Å². The molecule has 2 atom stereocenters. The van der Waals surface area contributed by atoms with E-state index in [1.54, 1.807) is 12.1 Å². The molecule has 0 aliphatic rings. The number of carboxylic acid groups (broad SMARTS) is 1. The molecule has 0 radical (unpaired) electrons. The van der Waals surface area contributed by atoms with E-state index in [2.05, 4.69) is 5.32 Å². The number of benzene rings is 1. The summed E-state index contributed by atoms with van der Waals surface area (Å²) >= 11 is 0. The first-order valence-electron chi connectivity index (χ1n) is 6.61. The van der Waals surface area contributed by atoms with Crippen molar-refractivity contribution < 1.29 is 14.7 Å². The predicted molar refractivity (Wildman–Crippen MR) is 74.3 cm³/mol. The highest BCUT2D eigenvalue weighted by atomic mass is 16.4. The van der Waals surface area contributed by atoms with Gasteiger partial charge in [0.15, 0.2) is 5.78 Å². The third-order valence-electron chi connectivity index (χ3n) is 3.12. The number of carboxylic acids is 1. The number of carbonyl (C=O) groups is 2. The fraction of sp³-hybridized carbons (Fsp3) is 0.467. The average Bonchev–Trinajstić information content (AvgIpc) is 2.43. The minimum atomic E-state index is -0.878. The van der Waals surface area contributed by atoms with E-state index in [4.69, 9.17) is 5.11 Å². The Balaban J connectivity index is 2.77. The van der Waals surface area contributed by atoms with Crippen LogP contribution in [0, 0.1) is 0 Å². The maximum atomic E-state index is 12.4. The van der Waals surface area contributed by atoms with Crippen LogP contribution in [0.3, 0.4) is 0 Å². The Morgan fingerprint density at radius 3 is 2.42 bits per heavy atom. The number of rotatable bonds is 8. The summed E-state index contributed by atoms with van der Waals surface area (Å²) < 4.78 is 0. The second-order valence-corrected chi connectivity index (χ2v) is 4.69. The molecule has 0 aromatic heterocycles. The SMILES string of the molecule is CCC(C)NC(CCC(=O)O)C(=O)c1ccccc1. The van der Waals surface area contributed by atoms with E-state index in [9.17, 15) is 9.59 Å². The van der Waals surface area contributed by atoms with Gasteiger partial charge >= 0.3 is 5.97 Å². The number of ketones is 1. The van der Waals surface area contributed by atoms with Crippen molar-refractivity contribution in [2.45, 2.75) is 45.2 Å². The fourth-order valence-corrected chi connectivity index (χ4v) is 1.82. The molecule has 0 aliphatic heterocycles. The van der Waals surface area contributed by atoms with E-state index in [0.29, 0.717) is 12.0 Å². The zero-order valence-corrected chi connectivity index (χ0v) is 11.4. The topological polar surface area (TPSA) is 66.4 Å². The highest BCUT2D eigenvalue weighted by Gasteiger charge is 2.21. The summed E-state index contributed by atoms with van der Waals surface area (Å²) in [6, 6.07) is 8.74. The monoisotopic (exact) mass is 263 g/mol. The highest BCUT2D eigenvalue weighted by molar-refractivity contribution is 6.00. The summed E-state index contributed by atoms with van der Waals surface area (Å²) in [5.74, 6) is -0.918. The molecule has 0 fully saturated rings. The van der Waals surface area contributed by atoms with Crippen LogP contribution in [0.5, 0.6) is 0 Å². The third kappa shape index (κ3) is 5.22. The second-order valence-electron chi connectivity index (χ2n) is 4.69. The lowest BCUT2D eigenvalue weighted by atomic mass is 9.99. The van der Waals surface area contributed by atoms with Gasteiger partial charge < -0.3 is 10.4 Å². The number of Topliss-reactive ketones (excluding diaryl/α,β-unsaturated/α-hetero) is 1. The molecule has 4 nitrogen and oxygen atoms in total. The van der Waals surface area contributed by atoms with Crippen molar-refractivity contribution in [1.29, 1.82) is 0 Å². The smallest absolute Gasteiger partial charge is 0.303 e. The van der Waals surface area contributed by atoms with Crippen LogP contribution >= 0.6 is 0 Å². The Morgan fingerprint density at radius 2 is 1.89 bits per heavy atom. The van der Waals surface area contributed by atoms with Crippen molar-refractivity contribution in [3.63, 3.8) is 0 Å². The van der Waals surface area contributed by atoms with E-state index in [-0.39, 0.29) is 18.2 Å². The van der Waals surface area contributed by atoms with E-state index >= 15 is 0 Å². The van der Waals surface area contributed by atoms with Crippen molar-refractivity contribution >= 4 is 11.8 Å². The minimum Gasteiger partial charge on any atom is -0.481 e. The molecular formula is C15H21NO3. The average molecular weight is 263 g/mol. The van der Waals surface area contributed by atoms with Crippen molar-refractivity contribution in [1.82, 2.24) is 5.32 Å². The van der Waals surface area contributed by atoms with Crippen molar-refractivity contribution in [3.05, 3.63) is 35.9 Å². The molecule has 0 aliphatic carbocycles. The molecule has 0 amide bonds. The lowest BCUT2D eigenvalue weighted by Crippen LogP contribution is -2.42. The number of aliphatic carboxylic acids is 1. The van der Waals surface area contributed by atoms with Gasteiger partial charge in [0.05, 0.1) is 6.04 Å². The summed E-state index contributed by atoms with van der Waals surface area (Å²) in [4.78, 5) is 23.0. The van der Waals surface area contributed by atoms with Crippen LogP contribution in [0.15, 0.2) is 30.3 Å². The normalized spacial score (nSPS) is 13.8. The maximum absolute atomic E-state index is 12.4. The molecule has 4 heteroatoms. The molecule has 1 aromatic rings. The van der Waals surface area contributed by atoms with E-state index in [1.165, 1.54) is 0 Å². The van der Waals surface area contributed by atoms with Gasteiger partial charge in [-0.05, 0) is 19.8 Å². The number of carbonyl (C=O) groups excluding carboxylic acids is 1. The Kier molecular flexibility index (Phi) is 6.22. The molecule has 0 heterocycles. The van der Waals surface area contributed by atoms with Crippen LogP contribution in [0.2, 0.25) is 0 Å². The van der Waals surface area contributed by atoms with Gasteiger partial charge in [-0.15, -0.1) is 0 Å². The van der Waals surface area contributed by atoms with Crippen LogP contribution in [0.25, 0.3) is 0 Å². The molecular weight excluding hydrogens is 242 g/mol. The molecule has 1 rings (SSSR count).